The number of nitrogens with one attached hydrogen (secondary N) is 1. The van der Waals surface area contributed by atoms with Crippen molar-refractivity contribution < 1.29 is 18.0 Å². The highest BCUT2D eigenvalue weighted by Gasteiger charge is 2.52. The molecule has 134 valence electrons. The van der Waals surface area contributed by atoms with Crippen LogP contribution in [0.2, 0.25) is 0 Å². The Kier molecular flexibility index (Phi) is 4.27. The number of amides is 1. The van der Waals surface area contributed by atoms with Gasteiger partial charge in [0.25, 0.3) is 0 Å². The molecule has 0 aliphatic carbocycles. The molecule has 1 aliphatic rings. The normalized spacial score (nSPS) is 19.2. The molecule has 1 N–H and O–H groups in total. The predicted octanol–water partition coefficient (Wildman–Crippen LogP) is 4.52. The van der Waals surface area contributed by atoms with Gasteiger partial charge < -0.3 is 0 Å². The number of aryl methyl sites for hydroxylation is 1. The van der Waals surface area contributed by atoms with E-state index in [0.717, 1.165) is 27.8 Å². The highest BCUT2D eigenvalue weighted by Crippen LogP contribution is 2.43. The Hall–Kier alpha value is -2.08. The molecule has 1 heterocycles. The summed E-state index contributed by atoms with van der Waals surface area (Å²) >= 11 is 0. The van der Waals surface area contributed by atoms with Gasteiger partial charge in [-0.15, -0.1) is 0 Å². The molecule has 0 bridgehead atoms. The lowest BCUT2D eigenvalue weighted by Crippen LogP contribution is -2.51. The molecular formula is C19H21F3N2O. The van der Waals surface area contributed by atoms with Crippen LogP contribution < -0.4 is 5.43 Å². The van der Waals surface area contributed by atoms with E-state index in [2.05, 4.69) is 5.43 Å². The summed E-state index contributed by atoms with van der Waals surface area (Å²) in [7, 11) is 0. The highest BCUT2D eigenvalue weighted by atomic mass is 19.4. The van der Waals surface area contributed by atoms with Crippen LogP contribution in [0.1, 0.15) is 44.4 Å². The summed E-state index contributed by atoms with van der Waals surface area (Å²) in [5.41, 5.74) is 2.74. The Morgan fingerprint density at radius 1 is 1.16 bits per heavy atom. The summed E-state index contributed by atoms with van der Waals surface area (Å²) in [6.45, 7) is 5.31. The van der Waals surface area contributed by atoms with Crippen LogP contribution >= 0.6 is 0 Å². The molecule has 1 amide bonds. The maximum atomic E-state index is 13.9. The molecule has 3 nitrogen and oxygen atoms in total. The fourth-order valence-corrected chi connectivity index (χ4v) is 3.41. The van der Waals surface area contributed by atoms with E-state index in [0.29, 0.717) is 0 Å². The molecule has 1 fully saturated rings. The standard InChI is InChI=1S/C19H21F3N2O/c1-4-12-5-6-14-10-15(8-7-13(14)9-12)17(19(20,21)22)24-18(2,3)11-16(25)23-24/h5-10,17H,4,11H2,1-3H3,(H,23,25)/t17-/m0/s1. The van der Waals surface area contributed by atoms with Gasteiger partial charge in [-0.3, -0.25) is 10.2 Å². The zero-order valence-electron chi connectivity index (χ0n) is 14.4. The lowest BCUT2D eigenvalue weighted by Gasteiger charge is -2.38. The number of alkyl halides is 3. The molecule has 0 unspecified atom stereocenters. The monoisotopic (exact) mass is 350 g/mol. The van der Waals surface area contributed by atoms with Gasteiger partial charge >= 0.3 is 6.18 Å². The first-order valence-corrected chi connectivity index (χ1v) is 8.30. The van der Waals surface area contributed by atoms with Crippen molar-refractivity contribution in [2.24, 2.45) is 0 Å². The van der Waals surface area contributed by atoms with E-state index in [1.807, 2.05) is 25.1 Å². The summed E-state index contributed by atoms with van der Waals surface area (Å²) in [6.07, 6.45) is -3.60. The summed E-state index contributed by atoms with van der Waals surface area (Å²) in [5, 5.41) is 2.71. The summed E-state index contributed by atoms with van der Waals surface area (Å²) in [4.78, 5) is 11.7. The van der Waals surface area contributed by atoms with Gasteiger partial charge in [0.15, 0.2) is 6.04 Å². The minimum absolute atomic E-state index is 0.0347. The van der Waals surface area contributed by atoms with Crippen LogP contribution in [0, 0.1) is 0 Å². The maximum absolute atomic E-state index is 13.9. The number of hydrazine groups is 1. The molecule has 3 rings (SSSR count). The second-order valence-electron chi connectivity index (χ2n) is 7.13. The summed E-state index contributed by atoms with van der Waals surface area (Å²) in [5.74, 6) is -0.396. The Bertz CT molecular complexity index is 814. The minimum atomic E-state index is -4.51. The van der Waals surface area contributed by atoms with Crippen LogP contribution in [0.5, 0.6) is 0 Å². The molecular weight excluding hydrogens is 329 g/mol. The third kappa shape index (κ3) is 3.35. The van der Waals surface area contributed by atoms with Crippen molar-refractivity contribution in [3.05, 3.63) is 47.5 Å². The van der Waals surface area contributed by atoms with Gasteiger partial charge in [-0.05, 0) is 48.2 Å². The number of halogens is 3. The molecule has 2 aromatic rings. The third-order valence-electron chi connectivity index (χ3n) is 4.71. The van der Waals surface area contributed by atoms with E-state index in [4.69, 9.17) is 0 Å². The van der Waals surface area contributed by atoms with E-state index >= 15 is 0 Å². The SMILES string of the molecule is CCc1ccc2cc([C@H](N3NC(=O)CC3(C)C)C(F)(F)F)ccc2c1. The smallest absolute Gasteiger partial charge is 0.287 e. The molecule has 0 aromatic heterocycles. The van der Waals surface area contributed by atoms with Crippen molar-refractivity contribution in [3.63, 3.8) is 0 Å². The predicted molar refractivity (Wildman–Crippen MR) is 90.8 cm³/mol. The Morgan fingerprint density at radius 2 is 1.80 bits per heavy atom. The number of carbonyl (C=O) groups is 1. The first-order valence-electron chi connectivity index (χ1n) is 8.30. The molecule has 1 atom stereocenters. The second kappa shape index (κ2) is 6.02. The van der Waals surface area contributed by atoms with Crippen LogP contribution in [0.4, 0.5) is 13.2 Å². The Morgan fingerprint density at radius 3 is 2.36 bits per heavy atom. The molecule has 0 saturated carbocycles. The van der Waals surface area contributed by atoms with Gasteiger partial charge in [-0.2, -0.15) is 18.2 Å². The quantitative estimate of drug-likeness (QED) is 0.883. The van der Waals surface area contributed by atoms with Crippen LogP contribution in [0.15, 0.2) is 36.4 Å². The number of hydrogen-bond acceptors (Lipinski definition) is 2. The van der Waals surface area contributed by atoms with E-state index in [-0.39, 0.29) is 12.0 Å². The van der Waals surface area contributed by atoms with Gasteiger partial charge in [-0.1, -0.05) is 37.3 Å². The van der Waals surface area contributed by atoms with Crippen molar-refractivity contribution >= 4 is 16.7 Å². The fourth-order valence-electron chi connectivity index (χ4n) is 3.41. The average Bonchev–Trinajstić information content (AvgIpc) is 2.78. The second-order valence-corrected chi connectivity index (χ2v) is 7.13. The maximum Gasteiger partial charge on any atom is 0.409 e. The van der Waals surface area contributed by atoms with Crippen molar-refractivity contribution in [2.45, 2.75) is 51.4 Å². The van der Waals surface area contributed by atoms with Crippen molar-refractivity contribution in [2.75, 3.05) is 0 Å². The third-order valence-corrected chi connectivity index (χ3v) is 4.71. The lowest BCUT2D eigenvalue weighted by molar-refractivity contribution is -0.203. The van der Waals surface area contributed by atoms with Gasteiger partial charge in [0, 0.05) is 12.0 Å². The number of carbonyl (C=O) groups excluding carboxylic acids is 1. The lowest BCUT2D eigenvalue weighted by atomic mass is 9.95. The molecule has 6 heteroatoms. The minimum Gasteiger partial charge on any atom is -0.287 e. The van der Waals surface area contributed by atoms with Crippen LogP contribution in [0.3, 0.4) is 0 Å². The highest BCUT2D eigenvalue weighted by molar-refractivity contribution is 5.84. The molecule has 1 saturated heterocycles. The van der Waals surface area contributed by atoms with E-state index < -0.39 is 23.7 Å². The number of hydrogen-bond donors (Lipinski definition) is 1. The molecule has 0 radical (unpaired) electrons. The summed E-state index contributed by atoms with van der Waals surface area (Å²) < 4.78 is 41.6. The van der Waals surface area contributed by atoms with Crippen LogP contribution in [-0.4, -0.2) is 22.6 Å². The average molecular weight is 350 g/mol. The van der Waals surface area contributed by atoms with Gasteiger partial charge in [-0.25, -0.2) is 0 Å². The van der Waals surface area contributed by atoms with Gasteiger partial charge in [0.1, 0.15) is 0 Å². The van der Waals surface area contributed by atoms with Crippen molar-refractivity contribution in [3.8, 4) is 0 Å². The Labute approximate surface area is 144 Å². The van der Waals surface area contributed by atoms with Crippen molar-refractivity contribution in [1.82, 2.24) is 10.4 Å². The van der Waals surface area contributed by atoms with Gasteiger partial charge in [0.2, 0.25) is 5.91 Å². The zero-order chi connectivity index (χ0) is 18.4. The molecule has 0 spiro atoms. The number of benzene rings is 2. The van der Waals surface area contributed by atoms with Crippen LogP contribution in [-0.2, 0) is 11.2 Å². The van der Waals surface area contributed by atoms with E-state index in [1.54, 1.807) is 26.0 Å². The van der Waals surface area contributed by atoms with Crippen molar-refractivity contribution in [1.29, 1.82) is 0 Å². The Balaban J connectivity index is 2.08. The largest absolute Gasteiger partial charge is 0.409 e. The van der Waals surface area contributed by atoms with Gasteiger partial charge in [0.05, 0.1) is 0 Å². The molecule has 1 aliphatic heterocycles. The first kappa shape index (κ1) is 17.7. The topological polar surface area (TPSA) is 32.3 Å². The first-order chi connectivity index (χ1) is 11.6. The number of nitrogens with zero attached hydrogens (tertiary/aromatic N) is 1. The zero-order valence-corrected chi connectivity index (χ0v) is 14.4. The fraction of sp³-hybridized carbons (Fsp3) is 0.421. The number of fused-ring (bicyclic) bond motifs is 1. The number of rotatable bonds is 3. The van der Waals surface area contributed by atoms with Crippen LogP contribution in [0.25, 0.3) is 10.8 Å². The summed E-state index contributed by atoms with van der Waals surface area (Å²) in [6, 6.07) is 8.66. The van der Waals surface area contributed by atoms with E-state index in [9.17, 15) is 18.0 Å². The molecule has 2 aromatic carbocycles. The van der Waals surface area contributed by atoms with E-state index in [1.165, 1.54) is 6.07 Å². The molecule has 25 heavy (non-hydrogen) atoms.